The lowest BCUT2D eigenvalue weighted by atomic mass is 10.0. The number of nitrogens with zero attached hydrogens (tertiary/aromatic N) is 1. The van der Waals surface area contributed by atoms with Crippen LogP contribution < -0.4 is 5.73 Å². The van der Waals surface area contributed by atoms with E-state index in [1.807, 2.05) is 45.3 Å². The van der Waals surface area contributed by atoms with E-state index in [-0.39, 0.29) is 18.0 Å². The summed E-state index contributed by atoms with van der Waals surface area (Å²) in [5.41, 5.74) is 7.20. The summed E-state index contributed by atoms with van der Waals surface area (Å²) in [5, 5.41) is 1.71. The van der Waals surface area contributed by atoms with E-state index in [1.165, 1.54) is 0 Å². The van der Waals surface area contributed by atoms with E-state index in [9.17, 15) is 4.79 Å². The number of fused-ring (bicyclic) bond motifs is 1. The standard InChI is InChI=1S/C18H24N2O2/c1-12(11-20(3)4)13(2)22-18(21)16-9-10-17(19)15-8-6-5-7-14(15)16/h5-10,12-13H,11,19H2,1-4H3. The van der Waals surface area contributed by atoms with Crippen molar-refractivity contribution < 1.29 is 9.53 Å². The second kappa shape index (κ2) is 6.79. The molecule has 0 aliphatic rings. The average Bonchev–Trinajstić information content (AvgIpc) is 2.47. The first-order valence-corrected chi connectivity index (χ1v) is 7.53. The molecule has 0 aliphatic carbocycles. The Balaban J connectivity index is 2.22. The van der Waals surface area contributed by atoms with Crippen molar-refractivity contribution in [2.75, 3.05) is 26.4 Å². The fourth-order valence-electron chi connectivity index (χ4n) is 2.57. The summed E-state index contributed by atoms with van der Waals surface area (Å²) in [5.74, 6) is -0.0340. The molecular weight excluding hydrogens is 276 g/mol. The monoisotopic (exact) mass is 300 g/mol. The number of nitrogen functional groups attached to an aromatic ring is 1. The first kappa shape index (κ1) is 16.3. The number of hydrogen-bond donors (Lipinski definition) is 1. The highest BCUT2D eigenvalue weighted by molar-refractivity contribution is 6.08. The molecule has 0 heterocycles. The maximum absolute atomic E-state index is 12.5. The first-order valence-electron chi connectivity index (χ1n) is 7.53. The van der Waals surface area contributed by atoms with E-state index in [4.69, 9.17) is 10.5 Å². The summed E-state index contributed by atoms with van der Waals surface area (Å²) >= 11 is 0. The van der Waals surface area contributed by atoms with Crippen LogP contribution in [-0.4, -0.2) is 37.6 Å². The van der Waals surface area contributed by atoms with Gasteiger partial charge in [-0.15, -0.1) is 0 Å². The summed E-state index contributed by atoms with van der Waals surface area (Å²) in [6.07, 6.45) is -0.147. The van der Waals surface area contributed by atoms with Crippen LogP contribution in [-0.2, 0) is 4.74 Å². The average molecular weight is 300 g/mol. The van der Waals surface area contributed by atoms with Gasteiger partial charge in [-0.1, -0.05) is 31.2 Å². The smallest absolute Gasteiger partial charge is 0.339 e. The molecule has 0 radical (unpaired) electrons. The molecule has 0 aromatic heterocycles. The van der Waals surface area contributed by atoms with Gasteiger partial charge in [0.1, 0.15) is 6.10 Å². The molecule has 4 heteroatoms. The number of ether oxygens (including phenoxy) is 1. The normalized spacial score (nSPS) is 14.0. The van der Waals surface area contributed by atoms with E-state index in [0.717, 1.165) is 17.3 Å². The highest BCUT2D eigenvalue weighted by atomic mass is 16.5. The van der Waals surface area contributed by atoms with E-state index in [1.54, 1.807) is 12.1 Å². The summed E-state index contributed by atoms with van der Waals surface area (Å²) in [6.45, 7) is 4.89. The molecule has 2 atom stereocenters. The van der Waals surface area contributed by atoms with Gasteiger partial charge in [0.2, 0.25) is 0 Å². The number of hydrogen-bond acceptors (Lipinski definition) is 4. The Labute approximate surface area is 131 Å². The van der Waals surface area contributed by atoms with Crippen molar-refractivity contribution in [3.05, 3.63) is 42.0 Å². The van der Waals surface area contributed by atoms with Gasteiger partial charge in [0.25, 0.3) is 0 Å². The van der Waals surface area contributed by atoms with Crippen molar-refractivity contribution in [3.8, 4) is 0 Å². The predicted octanol–water partition coefficient (Wildman–Crippen LogP) is 3.17. The van der Waals surface area contributed by atoms with Crippen LogP contribution in [0.15, 0.2) is 36.4 Å². The molecule has 0 fully saturated rings. The van der Waals surface area contributed by atoms with Gasteiger partial charge in [-0.2, -0.15) is 0 Å². The molecule has 0 bridgehead atoms. The van der Waals surface area contributed by atoms with Crippen LogP contribution in [0, 0.1) is 5.92 Å². The molecular formula is C18H24N2O2. The van der Waals surface area contributed by atoms with Gasteiger partial charge in [0.15, 0.2) is 0 Å². The number of carbonyl (C=O) groups excluding carboxylic acids is 1. The molecule has 0 amide bonds. The summed E-state index contributed by atoms with van der Waals surface area (Å²) < 4.78 is 5.64. The summed E-state index contributed by atoms with van der Waals surface area (Å²) in [6, 6.07) is 11.1. The van der Waals surface area contributed by atoms with Crippen molar-refractivity contribution in [1.29, 1.82) is 0 Å². The summed E-state index contributed by atoms with van der Waals surface area (Å²) in [4.78, 5) is 14.6. The number of rotatable bonds is 5. The maximum atomic E-state index is 12.5. The highest BCUT2D eigenvalue weighted by Crippen LogP contribution is 2.25. The number of benzene rings is 2. The van der Waals surface area contributed by atoms with Crippen molar-refractivity contribution in [1.82, 2.24) is 4.90 Å². The van der Waals surface area contributed by atoms with Crippen LogP contribution >= 0.6 is 0 Å². The van der Waals surface area contributed by atoms with Crippen molar-refractivity contribution >= 4 is 22.4 Å². The Bertz CT molecular complexity index is 667. The largest absolute Gasteiger partial charge is 0.459 e. The van der Waals surface area contributed by atoms with Gasteiger partial charge in [0.05, 0.1) is 5.56 Å². The molecule has 4 nitrogen and oxygen atoms in total. The van der Waals surface area contributed by atoms with Gasteiger partial charge in [0, 0.05) is 23.5 Å². The molecule has 0 saturated carbocycles. The van der Waals surface area contributed by atoms with Gasteiger partial charge < -0.3 is 15.4 Å². The van der Waals surface area contributed by atoms with E-state index >= 15 is 0 Å². The maximum Gasteiger partial charge on any atom is 0.339 e. The van der Waals surface area contributed by atoms with Crippen LogP contribution in [0.5, 0.6) is 0 Å². The highest BCUT2D eigenvalue weighted by Gasteiger charge is 2.20. The third-order valence-electron chi connectivity index (χ3n) is 3.93. The lowest BCUT2D eigenvalue weighted by Crippen LogP contribution is -2.30. The molecule has 0 saturated heterocycles. The van der Waals surface area contributed by atoms with E-state index in [0.29, 0.717) is 11.3 Å². The van der Waals surface area contributed by atoms with Crippen LogP contribution in [0.1, 0.15) is 24.2 Å². The molecule has 2 aromatic carbocycles. The van der Waals surface area contributed by atoms with E-state index in [2.05, 4.69) is 11.8 Å². The zero-order valence-electron chi connectivity index (χ0n) is 13.7. The van der Waals surface area contributed by atoms with Crippen LogP contribution in [0.3, 0.4) is 0 Å². The molecule has 2 aromatic rings. The Morgan fingerprint density at radius 1 is 1.14 bits per heavy atom. The van der Waals surface area contributed by atoms with Gasteiger partial charge >= 0.3 is 5.97 Å². The third-order valence-corrected chi connectivity index (χ3v) is 3.93. The van der Waals surface area contributed by atoms with Gasteiger partial charge in [-0.25, -0.2) is 4.79 Å². The third kappa shape index (κ3) is 3.57. The molecule has 0 spiro atoms. The lowest BCUT2D eigenvalue weighted by Gasteiger charge is -2.23. The molecule has 22 heavy (non-hydrogen) atoms. The lowest BCUT2D eigenvalue weighted by molar-refractivity contribution is 0.0189. The zero-order chi connectivity index (χ0) is 16.3. The minimum absolute atomic E-state index is 0.147. The molecule has 0 aliphatic heterocycles. The summed E-state index contributed by atoms with van der Waals surface area (Å²) in [7, 11) is 4.02. The molecule has 2 N–H and O–H groups in total. The molecule has 2 rings (SSSR count). The first-order chi connectivity index (χ1) is 10.4. The predicted molar refractivity (Wildman–Crippen MR) is 91.0 cm³/mol. The fourth-order valence-corrected chi connectivity index (χ4v) is 2.57. The van der Waals surface area contributed by atoms with Gasteiger partial charge in [-0.3, -0.25) is 0 Å². The van der Waals surface area contributed by atoms with Crippen molar-refractivity contribution in [3.63, 3.8) is 0 Å². The number of carbonyl (C=O) groups is 1. The number of esters is 1. The minimum atomic E-state index is -0.297. The fraction of sp³-hybridized carbons (Fsp3) is 0.389. The quantitative estimate of drug-likeness (QED) is 0.680. The van der Waals surface area contributed by atoms with E-state index < -0.39 is 0 Å². The SMILES string of the molecule is CC(CN(C)C)C(C)OC(=O)c1ccc(N)c2ccccc12. The topological polar surface area (TPSA) is 55.6 Å². The minimum Gasteiger partial charge on any atom is -0.459 e. The van der Waals surface area contributed by atoms with Crippen LogP contribution in [0.4, 0.5) is 5.69 Å². The van der Waals surface area contributed by atoms with Crippen LogP contribution in [0.2, 0.25) is 0 Å². The van der Waals surface area contributed by atoms with Crippen molar-refractivity contribution in [2.45, 2.75) is 20.0 Å². The Morgan fingerprint density at radius 3 is 2.41 bits per heavy atom. The Kier molecular flexibility index (Phi) is 5.03. The number of nitrogens with two attached hydrogens (primary N) is 1. The number of anilines is 1. The Hall–Kier alpha value is -2.07. The zero-order valence-corrected chi connectivity index (χ0v) is 13.7. The van der Waals surface area contributed by atoms with Crippen LogP contribution in [0.25, 0.3) is 10.8 Å². The second-order valence-corrected chi connectivity index (χ2v) is 6.10. The molecule has 2 unspecified atom stereocenters. The van der Waals surface area contributed by atoms with Gasteiger partial charge in [-0.05, 0) is 38.5 Å². The molecule has 118 valence electrons. The second-order valence-electron chi connectivity index (χ2n) is 6.10. The Morgan fingerprint density at radius 2 is 1.77 bits per heavy atom. The van der Waals surface area contributed by atoms with Crippen molar-refractivity contribution in [2.24, 2.45) is 5.92 Å².